The molecule has 0 saturated carbocycles. The summed E-state index contributed by atoms with van der Waals surface area (Å²) in [5.41, 5.74) is 0.352. The van der Waals surface area contributed by atoms with Crippen molar-refractivity contribution in [1.82, 2.24) is 9.21 Å². The van der Waals surface area contributed by atoms with Crippen molar-refractivity contribution < 1.29 is 13.2 Å². The topological polar surface area (TPSA) is 69.7 Å². The van der Waals surface area contributed by atoms with E-state index in [0.29, 0.717) is 36.3 Å². The zero-order valence-electron chi connectivity index (χ0n) is 15.8. The molecule has 3 rings (SSSR count). The molecular weight excluding hydrogens is 386 g/mol. The Morgan fingerprint density at radius 3 is 2.48 bits per heavy atom. The summed E-state index contributed by atoms with van der Waals surface area (Å²) < 4.78 is 27.2. The normalized spacial score (nSPS) is 20.5. The molecule has 2 heterocycles. The molecule has 2 aliphatic heterocycles. The molecule has 27 heavy (non-hydrogen) atoms. The monoisotopic (exact) mass is 413 g/mol. The fourth-order valence-electron chi connectivity index (χ4n) is 3.63. The predicted molar refractivity (Wildman–Crippen MR) is 108 cm³/mol. The second kappa shape index (κ2) is 8.90. The number of rotatable bonds is 5. The van der Waals surface area contributed by atoms with Crippen LogP contribution >= 0.6 is 11.6 Å². The summed E-state index contributed by atoms with van der Waals surface area (Å²) in [5, 5.41) is 3.13. The Balaban J connectivity index is 1.68. The summed E-state index contributed by atoms with van der Waals surface area (Å²) >= 11 is 6.20. The van der Waals surface area contributed by atoms with Gasteiger partial charge in [0.25, 0.3) is 0 Å². The van der Waals surface area contributed by atoms with Gasteiger partial charge in [-0.25, -0.2) is 8.42 Å². The van der Waals surface area contributed by atoms with E-state index in [9.17, 15) is 13.2 Å². The zero-order chi connectivity index (χ0) is 19.4. The number of piperidine rings is 2. The van der Waals surface area contributed by atoms with Gasteiger partial charge in [0, 0.05) is 13.1 Å². The number of hydrogen-bond acceptors (Lipinski definition) is 4. The molecule has 2 aliphatic rings. The minimum absolute atomic E-state index is 0.168. The predicted octanol–water partition coefficient (Wildman–Crippen LogP) is 3.19. The number of anilines is 1. The van der Waals surface area contributed by atoms with Crippen LogP contribution in [0, 0.1) is 5.92 Å². The summed E-state index contributed by atoms with van der Waals surface area (Å²) in [6.45, 7) is 5.43. The van der Waals surface area contributed by atoms with Crippen molar-refractivity contribution in [2.75, 3.05) is 38.0 Å². The minimum Gasteiger partial charge on any atom is -0.324 e. The van der Waals surface area contributed by atoms with Gasteiger partial charge in [-0.2, -0.15) is 4.31 Å². The van der Waals surface area contributed by atoms with Crippen molar-refractivity contribution in [1.29, 1.82) is 0 Å². The molecule has 0 unspecified atom stereocenters. The van der Waals surface area contributed by atoms with E-state index in [2.05, 4.69) is 17.1 Å². The van der Waals surface area contributed by atoms with Crippen LogP contribution in [0.15, 0.2) is 23.1 Å². The van der Waals surface area contributed by atoms with Crippen LogP contribution in [-0.2, 0) is 14.8 Å². The van der Waals surface area contributed by atoms with E-state index >= 15 is 0 Å². The maximum absolute atomic E-state index is 12.8. The summed E-state index contributed by atoms with van der Waals surface area (Å²) in [7, 11) is -3.56. The second-order valence-corrected chi connectivity index (χ2v) is 9.96. The third-order valence-electron chi connectivity index (χ3n) is 5.41. The van der Waals surface area contributed by atoms with Gasteiger partial charge in [-0.05, 0) is 62.9 Å². The molecule has 1 aromatic carbocycles. The fraction of sp³-hybridized carbons (Fsp3) is 0.632. The Morgan fingerprint density at radius 1 is 1.15 bits per heavy atom. The number of hydrogen-bond donors (Lipinski definition) is 1. The molecule has 1 amide bonds. The van der Waals surface area contributed by atoms with E-state index in [1.807, 2.05) is 0 Å². The van der Waals surface area contributed by atoms with Crippen LogP contribution in [0.4, 0.5) is 5.69 Å². The highest BCUT2D eigenvalue weighted by Crippen LogP contribution is 2.28. The van der Waals surface area contributed by atoms with E-state index in [-0.39, 0.29) is 10.8 Å². The van der Waals surface area contributed by atoms with E-state index in [1.165, 1.54) is 22.5 Å². The van der Waals surface area contributed by atoms with Gasteiger partial charge in [0.1, 0.15) is 0 Å². The number of benzene rings is 1. The minimum atomic E-state index is -3.56. The lowest BCUT2D eigenvalue weighted by atomic mass is 9.99. The molecule has 6 nitrogen and oxygen atoms in total. The van der Waals surface area contributed by atoms with Crippen molar-refractivity contribution in [2.24, 2.45) is 5.92 Å². The first kappa shape index (κ1) is 20.6. The molecule has 0 radical (unpaired) electrons. The number of carbonyl (C=O) groups is 1. The molecule has 2 saturated heterocycles. The van der Waals surface area contributed by atoms with Gasteiger partial charge in [0.2, 0.25) is 15.9 Å². The molecular formula is C19H28ClN3O3S. The lowest BCUT2D eigenvalue weighted by molar-refractivity contribution is -0.117. The van der Waals surface area contributed by atoms with Crippen molar-refractivity contribution in [3.05, 3.63) is 23.2 Å². The average molecular weight is 414 g/mol. The Bertz CT molecular complexity index is 770. The van der Waals surface area contributed by atoms with E-state index < -0.39 is 10.0 Å². The molecule has 2 fully saturated rings. The lowest BCUT2D eigenvalue weighted by Gasteiger charge is -2.29. The van der Waals surface area contributed by atoms with Crippen LogP contribution in [0.3, 0.4) is 0 Å². The van der Waals surface area contributed by atoms with Gasteiger partial charge >= 0.3 is 0 Å². The average Bonchev–Trinajstić information content (AvgIpc) is 2.66. The number of nitrogens with one attached hydrogen (secondary N) is 1. The summed E-state index contributed by atoms with van der Waals surface area (Å²) in [4.78, 5) is 14.7. The maximum Gasteiger partial charge on any atom is 0.243 e. The number of likely N-dealkylation sites (tertiary alicyclic amines) is 1. The van der Waals surface area contributed by atoms with E-state index in [4.69, 9.17) is 11.6 Å². The molecule has 1 N–H and O–H groups in total. The smallest absolute Gasteiger partial charge is 0.243 e. The largest absolute Gasteiger partial charge is 0.324 e. The third kappa shape index (κ3) is 5.22. The summed E-state index contributed by atoms with van der Waals surface area (Å²) in [6, 6.07) is 4.52. The number of nitrogens with zero attached hydrogens (tertiary/aromatic N) is 2. The second-order valence-electron chi connectivity index (χ2n) is 7.61. The van der Waals surface area contributed by atoms with Crippen LogP contribution in [-0.4, -0.2) is 56.3 Å². The highest BCUT2D eigenvalue weighted by atomic mass is 35.5. The summed E-state index contributed by atoms with van der Waals surface area (Å²) in [6.07, 6.45) is 5.01. The van der Waals surface area contributed by atoms with Crippen molar-refractivity contribution in [3.8, 4) is 0 Å². The quantitative estimate of drug-likeness (QED) is 0.804. The number of sulfonamides is 1. The van der Waals surface area contributed by atoms with Crippen LogP contribution in [0.25, 0.3) is 0 Å². The zero-order valence-corrected chi connectivity index (χ0v) is 17.4. The van der Waals surface area contributed by atoms with Crippen LogP contribution < -0.4 is 5.32 Å². The molecule has 0 atom stereocenters. The molecule has 150 valence electrons. The van der Waals surface area contributed by atoms with Crippen LogP contribution in [0.1, 0.15) is 39.0 Å². The third-order valence-corrected chi connectivity index (χ3v) is 7.63. The molecule has 8 heteroatoms. The Hall–Kier alpha value is -1.15. The van der Waals surface area contributed by atoms with Gasteiger partial charge in [-0.15, -0.1) is 0 Å². The van der Waals surface area contributed by atoms with Gasteiger partial charge in [-0.1, -0.05) is 24.9 Å². The lowest BCUT2D eigenvalue weighted by Crippen LogP contribution is -2.38. The first-order chi connectivity index (χ1) is 12.9. The van der Waals surface area contributed by atoms with Gasteiger partial charge in [-0.3, -0.25) is 9.69 Å². The van der Waals surface area contributed by atoms with E-state index in [1.54, 1.807) is 0 Å². The Kier molecular flexibility index (Phi) is 6.78. The van der Waals surface area contributed by atoms with Gasteiger partial charge in [0.15, 0.2) is 0 Å². The standard InChI is InChI=1S/C19H28ClN3O3S/c1-15-7-11-22(12-8-15)14-19(24)21-18-13-16(5-6-17(18)20)27(25,26)23-9-3-2-4-10-23/h5-6,13,15H,2-4,7-12,14H2,1H3,(H,21,24). The maximum atomic E-state index is 12.8. The highest BCUT2D eigenvalue weighted by molar-refractivity contribution is 7.89. The van der Waals surface area contributed by atoms with Crippen molar-refractivity contribution in [3.63, 3.8) is 0 Å². The van der Waals surface area contributed by atoms with Crippen LogP contribution in [0.2, 0.25) is 5.02 Å². The van der Waals surface area contributed by atoms with Crippen molar-refractivity contribution in [2.45, 2.75) is 43.9 Å². The number of carbonyl (C=O) groups excluding carboxylic acids is 1. The summed E-state index contributed by atoms with van der Waals surface area (Å²) in [5.74, 6) is 0.536. The van der Waals surface area contributed by atoms with Crippen LogP contribution in [0.5, 0.6) is 0 Å². The number of amides is 1. The Labute approximate surface area is 166 Å². The molecule has 1 aromatic rings. The highest BCUT2D eigenvalue weighted by Gasteiger charge is 2.27. The van der Waals surface area contributed by atoms with Gasteiger partial charge < -0.3 is 5.32 Å². The first-order valence-corrected chi connectivity index (χ1v) is 11.5. The number of halogens is 1. The molecule has 0 aliphatic carbocycles. The Morgan fingerprint density at radius 2 is 1.81 bits per heavy atom. The van der Waals surface area contributed by atoms with Crippen molar-refractivity contribution >= 4 is 33.2 Å². The SMILES string of the molecule is CC1CCN(CC(=O)Nc2cc(S(=O)(=O)N3CCCCC3)ccc2Cl)CC1. The first-order valence-electron chi connectivity index (χ1n) is 9.68. The van der Waals surface area contributed by atoms with E-state index in [0.717, 1.165) is 45.2 Å². The van der Waals surface area contributed by atoms with Gasteiger partial charge in [0.05, 0.1) is 22.2 Å². The fourth-order valence-corrected chi connectivity index (χ4v) is 5.34. The molecule has 0 bridgehead atoms. The molecule has 0 spiro atoms. The molecule has 0 aromatic heterocycles.